The SMILES string of the molecule is COc1ccnc(COS(=O)(=O)c2ccc(C)cc2)c1OC. The van der Waals surface area contributed by atoms with Crippen LogP contribution in [0, 0.1) is 6.92 Å². The second-order valence-corrected chi connectivity index (χ2v) is 6.14. The van der Waals surface area contributed by atoms with Crippen molar-refractivity contribution in [1.82, 2.24) is 4.98 Å². The van der Waals surface area contributed by atoms with Crippen LogP contribution >= 0.6 is 0 Å². The third kappa shape index (κ3) is 3.55. The molecule has 0 spiro atoms. The number of rotatable bonds is 6. The van der Waals surface area contributed by atoms with Crippen molar-refractivity contribution in [2.24, 2.45) is 0 Å². The first-order chi connectivity index (χ1) is 10.5. The van der Waals surface area contributed by atoms with Crippen molar-refractivity contribution in [2.75, 3.05) is 14.2 Å². The molecule has 6 nitrogen and oxygen atoms in total. The third-order valence-electron chi connectivity index (χ3n) is 3.03. The van der Waals surface area contributed by atoms with Crippen LogP contribution in [0.15, 0.2) is 41.4 Å². The molecule has 0 N–H and O–H groups in total. The fourth-order valence-electron chi connectivity index (χ4n) is 1.86. The first-order valence-corrected chi connectivity index (χ1v) is 7.90. The number of benzene rings is 1. The average Bonchev–Trinajstić information content (AvgIpc) is 2.52. The average molecular weight is 323 g/mol. The molecule has 2 aromatic rings. The molecule has 0 amide bonds. The molecule has 0 saturated heterocycles. The minimum atomic E-state index is -3.86. The zero-order valence-electron chi connectivity index (χ0n) is 12.6. The lowest BCUT2D eigenvalue weighted by atomic mass is 10.2. The molecule has 0 aliphatic heterocycles. The fraction of sp³-hybridized carbons (Fsp3) is 0.267. The first kappa shape index (κ1) is 16.3. The van der Waals surface area contributed by atoms with Gasteiger partial charge in [-0.3, -0.25) is 9.17 Å². The molecule has 2 rings (SSSR count). The van der Waals surface area contributed by atoms with Crippen LogP contribution in [0.5, 0.6) is 11.5 Å². The number of hydrogen-bond donors (Lipinski definition) is 0. The van der Waals surface area contributed by atoms with E-state index >= 15 is 0 Å². The van der Waals surface area contributed by atoms with Gasteiger partial charge in [-0.15, -0.1) is 0 Å². The monoisotopic (exact) mass is 323 g/mol. The van der Waals surface area contributed by atoms with Crippen LogP contribution in [0.2, 0.25) is 0 Å². The highest BCUT2D eigenvalue weighted by atomic mass is 32.2. The summed E-state index contributed by atoms with van der Waals surface area (Å²) in [5.74, 6) is 0.813. The highest BCUT2D eigenvalue weighted by molar-refractivity contribution is 7.86. The summed E-state index contributed by atoms with van der Waals surface area (Å²) in [6.45, 7) is 1.64. The van der Waals surface area contributed by atoms with Crippen LogP contribution in [-0.4, -0.2) is 27.6 Å². The predicted molar refractivity (Wildman–Crippen MR) is 80.5 cm³/mol. The molecular formula is C15H17NO5S. The third-order valence-corrected chi connectivity index (χ3v) is 4.30. The second-order valence-electron chi connectivity index (χ2n) is 4.52. The van der Waals surface area contributed by atoms with Crippen LogP contribution in [-0.2, 0) is 20.9 Å². The largest absolute Gasteiger partial charge is 0.493 e. The van der Waals surface area contributed by atoms with Crippen molar-refractivity contribution in [1.29, 1.82) is 0 Å². The summed E-state index contributed by atoms with van der Waals surface area (Å²) in [6.07, 6.45) is 1.50. The van der Waals surface area contributed by atoms with Gasteiger partial charge in [-0.1, -0.05) is 17.7 Å². The van der Waals surface area contributed by atoms with Gasteiger partial charge >= 0.3 is 0 Å². The van der Waals surface area contributed by atoms with Crippen LogP contribution in [0.4, 0.5) is 0 Å². The van der Waals surface area contributed by atoms with Crippen molar-refractivity contribution in [2.45, 2.75) is 18.4 Å². The van der Waals surface area contributed by atoms with E-state index in [1.165, 1.54) is 32.5 Å². The van der Waals surface area contributed by atoms with Crippen LogP contribution < -0.4 is 9.47 Å². The van der Waals surface area contributed by atoms with E-state index in [0.717, 1.165) is 5.56 Å². The van der Waals surface area contributed by atoms with E-state index in [-0.39, 0.29) is 11.5 Å². The number of pyridine rings is 1. The molecule has 1 heterocycles. The minimum Gasteiger partial charge on any atom is -0.493 e. The van der Waals surface area contributed by atoms with E-state index < -0.39 is 10.1 Å². The Labute approximate surface area is 129 Å². The predicted octanol–water partition coefficient (Wildman–Crippen LogP) is 2.31. The van der Waals surface area contributed by atoms with Crippen LogP contribution in [0.3, 0.4) is 0 Å². The maximum absolute atomic E-state index is 12.1. The lowest BCUT2D eigenvalue weighted by molar-refractivity contribution is 0.287. The van der Waals surface area contributed by atoms with Crippen molar-refractivity contribution in [3.63, 3.8) is 0 Å². The Morgan fingerprint density at radius 2 is 1.73 bits per heavy atom. The zero-order valence-corrected chi connectivity index (χ0v) is 13.4. The Kier molecular flexibility index (Phi) is 4.99. The molecule has 0 aliphatic carbocycles. The lowest BCUT2D eigenvalue weighted by Gasteiger charge is -2.11. The van der Waals surface area contributed by atoms with E-state index in [9.17, 15) is 8.42 Å². The van der Waals surface area contributed by atoms with E-state index in [2.05, 4.69) is 4.98 Å². The van der Waals surface area contributed by atoms with Gasteiger partial charge in [0.1, 0.15) is 12.3 Å². The minimum absolute atomic E-state index is 0.0972. The first-order valence-electron chi connectivity index (χ1n) is 6.50. The molecule has 1 aromatic carbocycles. The highest BCUT2D eigenvalue weighted by Gasteiger charge is 2.18. The second kappa shape index (κ2) is 6.76. The van der Waals surface area contributed by atoms with Gasteiger partial charge in [0.2, 0.25) is 0 Å². The molecule has 0 bridgehead atoms. The lowest BCUT2D eigenvalue weighted by Crippen LogP contribution is -2.08. The summed E-state index contributed by atoms with van der Waals surface area (Å²) in [5, 5.41) is 0. The van der Waals surface area contributed by atoms with E-state index in [1.807, 2.05) is 6.92 Å². The number of hydrogen-bond acceptors (Lipinski definition) is 6. The molecule has 0 fully saturated rings. The van der Waals surface area contributed by atoms with Crippen molar-refractivity contribution >= 4 is 10.1 Å². The molecule has 118 valence electrons. The maximum atomic E-state index is 12.1. The van der Waals surface area contributed by atoms with Gasteiger partial charge in [0, 0.05) is 12.3 Å². The molecule has 0 radical (unpaired) electrons. The van der Waals surface area contributed by atoms with Crippen molar-refractivity contribution < 1.29 is 22.1 Å². The van der Waals surface area contributed by atoms with Gasteiger partial charge in [-0.25, -0.2) is 0 Å². The van der Waals surface area contributed by atoms with Gasteiger partial charge in [0.25, 0.3) is 10.1 Å². The van der Waals surface area contributed by atoms with E-state index in [1.54, 1.807) is 18.2 Å². The summed E-state index contributed by atoms with van der Waals surface area (Å²) >= 11 is 0. The zero-order chi connectivity index (χ0) is 16.2. The van der Waals surface area contributed by atoms with Gasteiger partial charge in [-0.2, -0.15) is 8.42 Å². The van der Waals surface area contributed by atoms with Crippen molar-refractivity contribution in [3.8, 4) is 11.5 Å². The molecule has 0 saturated carbocycles. The highest BCUT2D eigenvalue weighted by Crippen LogP contribution is 2.30. The number of ether oxygens (including phenoxy) is 2. The van der Waals surface area contributed by atoms with Gasteiger partial charge < -0.3 is 9.47 Å². The molecular weight excluding hydrogens is 306 g/mol. The van der Waals surface area contributed by atoms with Gasteiger partial charge in [0.05, 0.1) is 19.1 Å². The van der Waals surface area contributed by atoms with Gasteiger partial charge in [-0.05, 0) is 19.1 Å². The summed E-state index contributed by atoms with van der Waals surface area (Å²) in [5.41, 5.74) is 1.31. The Morgan fingerprint density at radius 3 is 2.32 bits per heavy atom. The molecule has 1 aromatic heterocycles. The Bertz CT molecular complexity index is 741. The number of nitrogens with zero attached hydrogens (tertiary/aromatic N) is 1. The van der Waals surface area contributed by atoms with E-state index in [0.29, 0.717) is 17.2 Å². The van der Waals surface area contributed by atoms with Crippen LogP contribution in [0.25, 0.3) is 0 Å². The molecule has 0 aliphatic rings. The smallest absolute Gasteiger partial charge is 0.297 e. The summed E-state index contributed by atoms with van der Waals surface area (Å²) in [6, 6.07) is 8.04. The summed E-state index contributed by atoms with van der Waals surface area (Å²) < 4.78 is 39.7. The standard InChI is InChI=1S/C15H17NO5S/c1-11-4-6-12(7-5-11)22(17,18)21-10-13-15(20-3)14(19-2)8-9-16-13/h4-9H,10H2,1-3H3. The Hall–Kier alpha value is -2.12. The fourth-order valence-corrected chi connectivity index (χ4v) is 2.73. The quantitative estimate of drug-likeness (QED) is 0.760. The molecule has 22 heavy (non-hydrogen) atoms. The number of aryl methyl sites for hydroxylation is 1. The van der Waals surface area contributed by atoms with E-state index in [4.69, 9.17) is 13.7 Å². The normalized spacial score (nSPS) is 11.2. The van der Waals surface area contributed by atoms with Crippen LogP contribution in [0.1, 0.15) is 11.3 Å². The van der Waals surface area contributed by atoms with Gasteiger partial charge in [0.15, 0.2) is 11.5 Å². The number of methoxy groups -OCH3 is 2. The molecule has 7 heteroatoms. The topological polar surface area (TPSA) is 74.7 Å². The summed E-state index contributed by atoms with van der Waals surface area (Å²) in [7, 11) is -0.909. The molecule has 0 atom stereocenters. The molecule has 0 unspecified atom stereocenters. The Balaban J connectivity index is 2.21. The number of aromatic nitrogens is 1. The maximum Gasteiger partial charge on any atom is 0.297 e. The Morgan fingerprint density at radius 1 is 1.05 bits per heavy atom. The summed E-state index contributed by atoms with van der Waals surface area (Å²) in [4.78, 5) is 4.17. The van der Waals surface area contributed by atoms with Crippen molar-refractivity contribution in [3.05, 3.63) is 47.8 Å².